The Morgan fingerprint density at radius 2 is 1.69 bits per heavy atom. The first-order chi connectivity index (χ1) is 14.9. The SMILES string of the molecule is O=C(NC(CC1CCC(O)CC1)=Nc1cc(C(F)(F)F)[nH]n1)c1ccc(C(F)(F)F)cc1. The lowest BCUT2D eigenvalue weighted by atomic mass is 9.85. The normalized spacial score (nSPS) is 20.3. The summed E-state index contributed by atoms with van der Waals surface area (Å²) >= 11 is 0. The van der Waals surface area contributed by atoms with Crippen LogP contribution in [-0.2, 0) is 12.4 Å². The number of aromatic nitrogens is 2. The molecule has 32 heavy (non-hydrogen) atoms. The van der Waals surface area contributed by atoms with Crippen LogP contribution in [0.15, 0.2) is 35.3 Å². The van der Waals surface area contributed by atoms with Gasteiger partial charge < -0.3 is 10.4 Å². The quantitative estimate of drug-likeness (QED) is 0.345. The predicted octanol–water partition coefficient (Wildman–Crippen LogP) is 4.85. The van der Waals surface area contributed by atoms with E-state index < -0.39 is 35.6 Å². The van der Waals surface area contributed by atoms with Gasteiger partial charge in [-0.05, 0) is 55.9 Å². The summed E-state index contributed by atoms with van der Waals surface area (Å²) < 4.78 is 76.6. The number of carbonyl (C=O) groups excluding carboxylic acids is 1. The summed E-state index contributed by atoms with van der Waals surface area (Å²) in [6.07, 6.45) is -7.07. The number of amidine groups is 1. The highest BCUT2D eigenvalue weighted by Crippen LogP contribution is 2.31. The Morgan fingerprint density at radius 1 is 1.06 bits per heavy atom. The first-order valence-electron chi connectivity index (χ1n) is 9.78. The van der Waals surface area contributed by atoms with Crippen LogP contribution in [0, 0.1) is 5.92 Å². The van der Waals surface area contributed by atoms with Crippen LogP contribution < -0.4 is 5.32 Å². The Morgan fingerprint density at radius 3 is 2.22 bits per heavy atom. The van der Waals surface area contributed by atoms with Gasteiger partial charge in [0.15, 0.2) is 5.82 Å². The zero-order valence-corrected chi connectivity index (χ0v) is 16.6. The number of benzene rings is 1. The molecule has 1 amide bonds. The van der Waals surface area contributed by atoms with Gasteiger partial charge in [-0.3, -0.25) is 9.89 Å². The minimum Gasteiger partial charge on any atom is -0.393 e. The molecule has 0 atom stereocenters. The number of nitrogens with zero attached hydrogens (tertiary/aromatic N) is 2. The third-order valence-electron chi connectivity index (χ3n) is 5.15. The molecule has 6 nitrogen and oxygen atoms in total. The van der Waals surface area contributed by atoms with Crippen LogP contribution in [0.25, 0.3) is 0 Å². The molecule has 0 saturated heterocycles. The zero-order valence-electron chi connectivity index (χ0n) is 16.6. The van der Waals surface area contributed by atoms with Crippen LogP contribution in [0.5, 0.6) is 0 Å². The molecule has 1 aromatic carbocycles. The van der Waals surface area contributed by atoms with Gasteiger partial charge in [-0.1, -0.05) is 0 Å². The second kappa shape index (κ2) is 9.31. The van der Waals surface area contributed by atoms with Crippen LogP contribution in [-0.4, -0.2) is 33.2 Å². The molecule has 3 rings (SSSR count). The van der Waals surface area contributed by atoms with Crippen molar-refractivity contribution in [1.29, 1.82) is 0 Å². The van der Waals surface area contributed by atoms with Crippen molar-refractivity contribution in [3.8, 4) is 0 Å². The molecule has 0 unspecified atom stereocenters. The van der Waals surface area contributed by atoms with Gasteiger partial charge in [0, 0.05) is 18.1 Å². The monoisotopic (exact) mass is 462 g/mol. The molecule has 1 saturated carbocycles. The summed E-state index contributed by atoms with van der Waals surface area (Å²) in [4.78, 5) is 16.6. The number of amides is 1. The molecule has 3 N–H and O–H groups in total. The number of hydrogen-bond acceptors (Lipinski definition) is 4. The number of aromatic amines is 1. The van der Waals surface area contributed by atoms with E-state index in [1.54, 1.807) is 0 Å². The van der Waals surface area contributed by atoms with Gasteiger partial charge in [-0.2, -0.15) is 31.4 Å². The first kappa shape index (κ1) is 23.8. The largest absolute Gasteiger partial charge is 0.432 e. The second-order valence-corrected chi connectivity index (χ2v) is 7.60. The van der Waals surface area contributed by atoms with Crippen molar-refractivity contribution in [3.05, 3.63) is 47.2 Å². The van der Waals surface area contributed by atoms with E-state index in [1.165, 1.54) is 0 Å². The third kappa shape index (κ3) is 6.31. The van der Waals surface area contributed by atoms with Gasteiger partial charge in [0.2, 0.25) is 0 Å². The van der Waals surface area contributed by atoms with E-state index in [2.05, 4.69) is 15.4 Å². The molecule has 1 aromatic heterocycles. The van der Waals surface area contributed by atoms with Crippen molar-refractivity contribution >= 4 is 17.6 Å². The minimum absolute atomic E-state index is 0.0195. The lowest BCUT2D eigenvalue weighted by Crippen LogP contribution is -2.33. The summed E-state index contributed by atoms with van der Waals surface area (Å²) in [5.41, 5.74) is -2.09. The fraction of sp³-hybridized carbons (Fsp3) is 0.450. The Balaban J connectivity index is 1.80. The fourth-order valence-electron chi connectivity index (χ4n) is 3.41. The minimum atomic E-state index is -4.65. The average Bonchev–Trinajstić information content (AvgIpc) is 3.18. The van der Waals surface area contributed by atoms with Crippen LogP contribution in [0.2, 0.25) is 0 Å². The van der Waals surface area contributed by atoms with Gasteiger partial charge in [-0.25, -0.2) is 4.99 Å². The molecule has 1 heterocycles. The van der Waals surface area contributed by atoms with Crippen molar-refractivity contribution in [2.45, 2.75) is 50.6 Å². The van der Waals surface area contributed by atoms with E-state index in [0.29, 0.717) is 31.7 Å². The van der Waals surface area contributed by atoms with E-state index in [-0.39, 0.29) is 29.6 Å². The number of nitrogens with one attached hydrogen (secondary N) is 2. The Kier molecular flexibility index (Phi) is 6.91. The van der Waals surface area contributed by atoms with E-state index in [9.17, 15) is 36.2 Å². The van der Waals surface area contributed by atoms with Crippen molar-refractivity contribution in [2.24, 2.45) is 10.9 Å². The first-order valence-corrected chi connectivity index (χ1v) is 9.78. The second-order valence-electron chi connectivity index (χ2n) is 7.60. The Hall–Kier alpha value is -2.89. The van der Waals surface area contributed by atoms with Gasteiger partial charge in [-0.15, -0.1) is 0 Å². The van der Waals surface area contributed by atoms with E-state index in [4.69, 9.17) is 0 Å². The fourth-order valence-corrected chi connectivity index (χ4v) is 3.41. The molecule has 1 aliphatic rings. The summed E-state index contributed by atoms with van der Waals surface area (Å²) in [5, 5.41) is 17.5. The van der Waals surface area contributed by atoms with Gasteiger partial charge in [0.1, 0.15) is 11.5 Å². The van der Waals surface area contributed by atoms with Crippen LogP contribution in [0.3, 0.4) is 0 Å². The lowest BCUT2D eigenvalue weighted by Gasteiger charge is -2.25. The van der Waals surface area contributed by atoms with E-state index in [0.717, 1.165) is 24.3 Å². The summed E-state index contributed by atoms with van der Waals surface area (Å²) in [7, 11) is 0. The topological polar surface area (TPSA) is 90.4 Å². The number of hydrogen-bond donors (Lipinski definition) is 3. The Bertz CT molecular complexity index is 958. The highest BCUT2D eigenvalue weighted by atomic mass is 19.4. The molecule has 0 aliphatic heterocycles. The Labute approximate surface area is 178 Å². The third-order valence-corrected chi connectivity index (χ3v) is 5.15. The van der Waals surface area contributed by atoms with Crippen molar-refractivity contribution in [1.82, 2.24) is 15.5 Å². The van der Waals surface area contributed by atoms with Crippen LogP contribution >= 0.6 is 0 Å². The molecule has 2 aromatic rings. The number of aliphatic imine (C=N–C) groups is 1. The lowest BCUT2D eigenvalue weighted by molar-refractivity contribution is -0.141. The highest BCUT2D eigenvalue weighted by Gasteiger charge is 2.33. The standard InChI is InChI=1S/C20H20F6N4O2/c21-19(22,23)13-5-3-12(4-6-13)18(32)28-16(9-11-1-7-14(31)8-2-11)27-17-10-15(29-30-17)20(24,25)26/h3-6,10-11,14,31H,1-2,7-9H2,(H2,27,28,29,30,32). The average molecular weight is 462 g/mol. The number of aliphatic hydroxyl groups excluding tert-OH is 1. The number of rotatable bonds is 4. The van der Waals surface area contributed by atoms with Gasteiger partial charge in [0.25, 0.3) is 5.91 Å². The van der Waals surface area contributed by atoms with Crippen molar-refractivity contribution in [2.75, 3.05) is 0 Å². The maximum atomic E-state index is 12.8. The summed E-state index contributed by atoms with van der Waals surface area (Å²) in [6, 6.07) is 4.22. The zero-order chi connectivity index (χ0) is 23.5. The predicted molar refractivity (Wildman–Crippen MR) is 102 cm³/mol. The molecule has 12 heteroatoms. The number of halogens is 6. The number of H-pyrrole nitrogens is 1. The number of carbonyl (C=O) groups is 1. The van der Waals surface area contributed by atoms with E-state index in [1.807, 2.05) is 5.10 Å². The maximum Gasteiger partial charge on any atom is 0.432 e. The molecule has 0 radical (unpaired) electrons. The van der Waals surface area contributed by atoms with Gasteiger partial charge >= 0.3 is 12.4 Å². The molecule has 174 valence electrons. The molecule has 1 fully saturated rings. The molecule has 0 bridgehead atoms. The number of aliphatic hydroxyl groups is 1. The van der Waals surface area contributed by atoms with Crippen molar-refractivity contribution < 1.29 is 36.2 Å². The van der Waals surface area contributed by atoms with E-state index >= 15 is 0 Å². The highest BCUT2D eigenvalue weighted by molar-refractivity contribution is 6.07. The summed E-state index contributed by atoms with van der Waals surface area (Å²) in [5.74, 6) is -0.988. The maximum absolute atomic E-state index is 12.8. The summed E-state index contributed by atoms with van der Waals surface area (Å²) in [6.45, 7) is 0. The molecule has 0 spiro atoms. The molecular weight excluding hydrogens is 442 g/mol. The van der Waals surface area contributed by atoms with Gasteiger partial charge in [0.05, 0.1) is 11.7 Å². The molecular formula is C20H20F6N4O2. The van der Waals surface area contributed by atoms with Crippen LogP contribution in [0.4, 0.5) is 32.2 Å². The van der Waals surface area contributed by atoms with Crippen LogP contribution in [0.1, 0.15) is 53.7 Å². The number of alkyl halides is 6. The smallest absolute Gasteiger partial charge is 0.393 e. The van der Waals surface area contributed by atoms with Crippen molar-refractivity contribution in [3.63, 3.8) is 0 Å². The molecule has 1 aliphatic carbocycles.